The van der Waals surface area contributed by atoms with E-state index in [9.17, 15) is 4.79 Å². The Morgan fingerprint density at radius 2 is 1.71 bits per heavy atom. The second-order valence-electron chi connectivity index (χ2n) is 6.43. The first-order chi connectivity index (χ1) is 13.7. The zero-order valence-electron chi connectivity index (χ0n) is 15.4. The molecule has 0 bridgehead atoms. The fourth-order valence-electron chi connectivity index (χ4n) is 2.84. The van der Waals surface area contributed by atoms with E-state index in [2.05, 4.69) is 27.6 Å². The standard InChI is InChI=1S/C22H19N3O2S/c1-15-7-12-19(28-15)22-25-24-21(27-22)14-23-20(26)13-16-8-10-18(11-9-16)17-5-3-2-4-6-17/h2-12H,13-14H2,1H3,(H,23,26). The van der Waals surface area contributed by atoms with Crippen LogP contribution in [0, 0.1) is 6.92 Å². The van der Waals surface area contributed by atoms with Gasteiger partial charge < -0.3 is 9.73 Å². The van der Waals surface area contributed by atoms with Crippen LogP contribution in [0.2, 0.25) is 0 Å². The summed E-state index contributed by atoms with van der Waals surface area (Å²) in [4.78, 5) is 14.3. The maximum Gasteiger partial charge on any atom is 0.257 e. The summed E-state index contributed by atoms with van der Waals surface area (Å²) in [5, 5.41) is 10.9. The molecule has 1 amide bonds. The van der Waals surface area contributed by atoms with Gasteiger partial charge in [0.05, 0.1) is 17.8 Å². The van der Waals surface area contributed by atoms with Gasteiger partial charge in [-0.15, -0.1) is 21.5 Å². The van der Waals surface area contributed by atoms with E-state index >= 15 is 0 Å². The van der Waals surface area contributed by atoms with Crippen molar-refractivity contribution in [1.82, 2.24) is 15.5 Å². The molecule has 0 saturated heterocycles. The van der Waals surface area contributed by atoms with Crippen LogP contribution in [0.5, 0.6) is 0 Å². The summed E-state index contributed by atoms with van der Waals surface area (Å²) in [5.41, 5.74) is 3.25. The van der Waals surface area contributed by atoms with E-state index in [0.29, 0.717) is 18.2 Å². The Morgan fingerprint density at radius 1 is 0.964 bits per heavy atom. The molecule has 140 valence electrons. The van der Waals surface area contributed by atoms with E-state index in [0.717, 1.165) is 21.6 Å². The number of amides is 1. The van der Waals surface area contributed by atoms with Gasteiger partial charge in [-0.25, -0.2) is 0 Å². The zero-order valence-corrected chi connectivity index (χ0v) is 16.2. The molecule has 0 atom stereocenters. The van der Waals surface area contributed by atoms with E-state index in [1.54, 1.807) is 11.3 Å². The monoisotopic (exact) mass is 389 g/mol. The van der Waals surface area contributed by atoms with Gasteiger partial charge in [-0.05, 0) is 35.7 Å². The summed E-state index contributed by atoms with van der Waals surface area (Å²) >= 11 is 1.60. The molecule has 1 N–H and O–H groups in total. The molecule has 0 saturated carbocycles. The van der Waals surface area contributed by atoms with Crippen LogP contribution < -0.4 is 5.32 Å². The van der Waals surface area contributed by atoms with Crippen LogP contribution in [-0.2, 0) is 17.8 Å². The van der Waals surface area contributed by atoms with Crippen LogP contribution in [0.1, 0.15) is 16.3 Å². The van der Waals surface area contributed by atoms with Crippen molar-refractivity contribution in [2.75, 3.05) is 0 Å². The average Bonchev–Trinajstić information content (AvgIpc) is 3.36. The van der Waals surface area contributed by atoms with E-state index in [1.807, 2.05) is 61.5 Å². The van der Waals surface area contributed by atoms with E-state index in [-0.39, 0.29) is 12.5 Å². The fraction of sp³-hybridized carbons (Fsp3) is 0.136. The van der Waals surface area contributed by atoms with Crippen molar-refractivity contribution in [3.63, 3.8) is 0 Å². The van der Waals surface area contributed by atoms with Crippen LogP contribution in [0.3, 0.4) is 0 Å². The van der Waals surface area contributed by atoms with Crippen molar-refractivity contribution in [3.05, 3.63) is 83.1 Å². The normalized spacial score (nSPS) is 10.8. The number of aryl methyl sites for hydroxylation is 1. The van der Waals surface area contributed by atoms with E-state index in [4.69, 9.17) is 4.42 Å². The van der Waals surface area contributed by atoms with Crippen molar-refractivity contribution in [2.45, 2.75) is 19.9 Å². The predicted molar refractivity (Wildman–Crippen MR) is 110 cm³/mol. The number of benzene rings is 2. The van der Waals surface area contributed by atoms with E-state index < -0.39 is 0 Å². The van der Waals surface area contributed by atoms with Crippen molar-refractivity contribution in [2.24, 2.45) is 0 Å². The van der Waals surface area contributed by atoms with Crippen LogP contribution in [0.4, 0.5) is 0 Å². The van der Waals surface area contributed by atoms with Gasteiger partial charge in [-0.2, -0.15) is 0 Å². The molecule has 4 aromatic rings. The first kappa shape index (κ1) is 18.1. The first-order valence-electron chi connectivity index (χ1n) is 8.97. The third-order valence-corrected chi connectivity index (χ3v) is 5.27. The summed E-state index contributed by atoms with van der Waals surface area (Å²) in [6.07, 6.45) is 0.306. The molecule has 0 fully saturated rings. The molecule has 0 radical (unpaired) electrons. The summed E-state index contributed by atoms with van der Waals surface area (Å²) in [7, 11) is 0. The third-order valence-electron chi connectivity index (χ3n) is 4.28. The number of carbonyl (C=O) groups is 1. The highest BCUT2D eigenvalue weighted by molar-refractivity contribution is 7.15. The molecule has 28 heavy (non-hydrogen) atoms. The van der Waals surface area contributed by atoms with Gasteiger partial charge in [0.15, 0.2) is 0 Å². The van der Waals surface area contributed by atoms with Crippen LogP contribution in [-0.4, -0.2) is 16.1 Å². The first-order valence-corrected chi connectivity index (χ1v) is 9.79. The minimum absolute atomic E-state index is 0.0841. The number of thiophene rings is 1. The zero-order chi connectivity index (χ0) is 19.3. The predicted octanol–water partition coefficient (Wildman–Crippen LogP) is 4.63. The van der Waals surface area contributed by atoms with Crippen LogP contribution >= 0.6 is 11.3 Å². The number of nitrogens with zero attached hydrogens (tertiary/aromatic N) is 2. The maximum absolute atomic E-state index is 12.2. The molecule has 0 spiro atoms. The molecule has 2 heterocycles. The molecule has 4 rings (SSSR count). The highest BCUT2D eigenvalue weighted by Gasteiger charge is 2.11. The lowest BCUT2D eigenvalue weighted by Gasteiger charge is -2.05. The van der Waals surface area contributed by atoms with E-state index in [1.165, 1.54) is 4.88 Å². The van der Waals surface area contributed by atoms with Gasteiger partial charge >= 0.3 is 0 Å². The minimum atomic E-state index is -0.0841. The van der Waals surface area contributed by atoms with Crippen LogP contribution in [0.25, 0.3) is 21.9 Å². The largest absolute Gasteiger partial charge is 0.418 e. The van der Waals surface area contributed by atoms with Gasteiger partial charge in [0.25, 0.3) is 5.89 Å². The second-order valence-corrected chi connectivity index (χ2v) is 7.72. The Hall–Kier alpha value is -3.25. The van der Waals surface area contributed by atoms with Gasteiger partial charge in [0.2, 0.25) is 11.8 Å². The number of nitrogens with one attached hydrogen (secondary N) is 1. The SMILES string of the molecule is Cc1ccc(-c2nnc(CNC(=O)Cc3ccc(-c4ccccc4)cc3)o2)s1. The number of hydrogen-bond donors (Lipinski definition) is 1. The van der Waals surface area contributed by atoms with Gasteiger partial charge in [0.1, 0.15) is 0 Å². The van der Waals surface area contributed by atoms with Gasteiger partial charge in [0, 0.05) is 4.88 Å². The summed E-state index contributed by atoms with van der Waals surface area (Å²) in [6, 6.07) is 22.1. The Labute approximate surface area is 167 Å². The molecular formula is C22H19N3O2S. The lowest BCUT2D eigenvalue weighted by Crippen LogP contribution is -2.24. The fourth-order valence-corrected chi connectivity index (χ4v) is 3.63. The van der Waals surface area contributed by atoms with Crippen molar-refractivity contribution < 1.29 is 9.21 Å². The summed E-state index contributed by atoms with van der Waals surface area (Å²) in [5.74, 6) is 0.798. The van der Waals surface area contributed by atoms with Gasteiger partial charge in [-0.1, -0.05) is 54.6 Å². The maximum atomic E-state index is 12.2. The van der Waals surface area contributed by atoms with Crippen LogP contribution in [0.15, 0.2) is 71.1 Å². The molecule has 2 aromatic carbocycles. The Balaban J connectivity index is 1.32. The average molecular weight is 389 g/mol. The molecule has 0 unspecified atom stereocenters. The molecule has 2 aromatic heterocycles. The molecular weight excluding hydrogens is 370 g/mol. The number of hydrogen-bond acceptors (Lipinski definition) is 5. The lowest BCUT2D eigenvalue weighted by atomic mass is 10.0. The highest BCUT2D eigenvalue weighted by Crippen LogP contribution is 2.26. The smallest absolute Gasteiger partial charge is 0.257 e. The van der Waals surface area contributed by atoms with Crippen molar-refractivity contribution in [3.8, 4) is 21.9 Å². The number of aromatic nitrogens is 2. The molecule has 0 aliphatic carbocycles. The highest BCUT2D eigenvalue weighted by atomic mass is 32.1. The van der Waals surface area contributed by atoms with Crippen molar-refractivity contribution in [1.29, 1.82) is 0 Å². The number of carbonyl (C=O) groups excluding carboxylic acids is 1. The van der Waals surface area contributed by atoms with Gasteiger partial charge in [-0.3, -0.25) is 4.79 Å². The van der Waals surface area contributed by atoms with Crippen molar-refractivity contribution >= 4 is 17.2 Å². The Morgan fingerprint density at radius 3 is 2.43 bits per heavy atom. The summed E-state index contributed by atoms with van der Waals surface area (Å²) in [6.45, 7) is 2.25. The molecule has 0 aliphatic rings. The summed E-state index contributed by atoms with van der Waals surface area (Å²) < 4.78 is 5.62. The molecule has 6 heteroatoms. The quantitative estimate of drug-likeness (QED) is 0.522. The molecule has 0 aliphatic heterocycles. The third kappa shape index (κ3) is 4.35. The second kappa shape index (κ2) is 8.19. The Kier molecular flexibility index (Phi) is 5.30. The topological polar surface area (TPSA) is 68.0 Å². The lowest BCUT2D eigenvalue weighted by molar-refractivity contribution is -0.120. The number of rotatable bonds is 6. The minimum Gasteiger partial charge on any atom is -0.418 e. The molecule has 5 nitrogen and oxygen atoms in total. The Bertz CT molecular complexity index is 1070.